The van der Waals surface area contributed by atoms with Crippen molar-refractivity contribution in [2.75, 3.05) is 13.1 Å². The van der Waals surface area contributed by atoms with Crippen LogP contribution in [0, 0.1) is 17.5 Å². The van der Waals surface area contributed by atoms with Crippen molar-refractivity contribution >= 4 is 16.9 Å². The van der Waals surface area contributed by atoms with Crippen LogP contribution in [0.2, 0.25) is 0 Å². The molecule has 0 radical (unpaired) electrons. The highest BCUT2D eigenvalue weighted by Crippen LogP contribution is 2.38. The molecule has 5 rings (SSSR count). The number of halogens is 5. The Morgan fingerprint density at radius 2 is 1.56 bits per heavy atom. The minimum atomic E-state index is -2.74. The number of aryl methyl sites for hydroxylation is 1. The Morgan fingerprint density at radius 3 is 2.17 bits per heavy atom. The van der Waals surface area contributed by atoms with E-state index >= 15 is 0 Å². The summed E-state index contributed by atoms with van der Waals surface area (Å²) in [4.78, 5) is 14.2. The topological polar surface area (TPSA) is 33.5 Å². The van der Waals surface area contributed by atoms with Crippen molar-refractivity contribution < 1.29 is 31.2 Å². The van der Waals surface area contributed by atoms with Crippen LogP contribution in [-0.4, -0.2) is 29.8 Å². The molecular formula is C28H22F5NO2. The first-order chi connectivity index (χ1) is 17.1. The van der Waals surface area contributed by atoms with Crippen molar-refractivity contribution in [3.8, 4) is 22.3 Å². The fraction of sp³-hybridized carbons (Fsp3) is 0.250. The van der Waals surface area contributed by atoms with Gasteiger partial charge in [-0.3, -0.25) is 4.79 Å². The first kappa shape index (κ1) is 24.0. The van der Waals surface area contributed by atoms with Gasteiger partial charge in [0.2, 0.25) is 0 Å². The lowest BCUT2D eigenvalue weighted by atomic mass is 9.95. The summed E-state index contributed by atoms with van der Waals surface area (Å²) in [5.74, 6) is -5.56. The number of furan rings is 1. The maximum Gasteiger partial charge on any atom is 0.253 e. The summed E-state index contributed by atoms with van der Waals surface area (Å²) in [6.45, 7) is 1.86. The number of alkyl halides is 2. The van der Waals surface area contributed by atoms with Crippen LogP contribution in [0.25, 0.3) is 33.2 Å². The first-order valence-electron chi connectivity index (χ1n) is 11.6. The van der Waals surface area contributed by atoms with Crippen LogP contribution in [-0.2, 0) is 6.42 Å². The summed E-state index contributed by atoms with van der Waals surface area (Å²) in [6.07, 6.45) is -0.155. The molecule has 1 fully saturated rings. The molecule has 186 valence electrons. The van der Waals surface area contributed by atoms with E-state index in [1.807, 2.05) is 13.0 Å². The molecule has 8 heteroatoms. The lowest BCUT2D eigenvalue weighted by Gasteiger charge is -2.31. The van der Waals surface area contributed by atoms with Crippen LogP contribution in [0.5, 0.6) is 0 Å². The number of carbonyl (C=O) groups is 1. The van der Waals surface area contributed by atoms with Gasteiger partial charge < -0.3 is 9.32 Å². The van der Waals surface area contributed by atoms with Crippen LogP contribution in [0.15, 0.2) is 59.0 Å². The van der Waals surface area contributed by atoms with Crippen molar-refractivity contribution in [3.05, 3.63) is 83.4 Å². The predicted molar refractivity (Wildman–Crippen MR) is 126 cm³/mol. The number of rotatable bonds is 4. The Bertz CT molecular complexity index is 1430. The number of benzene rings is 3. The number of piperidine rings is 1. The number of fused-ring (bicyclic) bond motifs is 1. The average Bonchev–Trinajstić information content (AvgIpc) is 3.27. The lowest BCUT2D eigenvalue weighted by molar-refractivity contribution is -0.0494. The second kappa shape index (κ2) is 9.08. The molecule has 0 unspecified atom stereocenters. The Hall–Kier alpha value is -3.68. The van der Waals surface area contributed by atoms with Crippen molar-refractivity contribution in [2.24, 2.45) is 0 Å². The molecule has 0 saturated carbocycles. The molecule has 4 aromatic rings. The molecule has 36 heavy (non-hydrogen) atoms. The highest BCUT2D eigenvalue weighted by Gasteiger charge is 2.35. The SMILES string of the molecule is CCc1cc2cc(-c3ccc(C(=O)N4CCC(F)(F)CC4)cc3)cc(-c3c(F)cc(F)cc3F)c2o1. The first-order valence-corrected chi connectivity index (χ1v) is 11.6. The van der Waals surface area contributed by atoms with E-state index in [0.717, 1.165) is 0 Å². The van der Waals surface area contributed by atoms with E-state index < -0.39 is 28.9 Å². The monoisotopic (exact) mass is 499 g/mol. The smallest absolute Gasteiger partial charge is 0.253 e. The summed E-state index contributed by atoms with van der Waals surface area (Å²) >= 11 is 0. The maximum absolute atomic E-state index is 14.7. The summed E-state index contributed by atoms with van der Waals surface area (Å²) in [5.41, 5.74) is 1.68. The van der Waals surface area contributed by atoms with Gasteiger partial charge in [-0.2, -0.15) is 0 Å². The van der Waals surface area contributed by atoms with E-state index in [-0.39, 0.29) is 43.0 Å². The number of carbonyl (C=O) groups excluding carboxylic acids is 1. The van der Waals surface area contributed by atoms with Crippen LogP contribution in [0.3, 0.4) is 0 Å². The van der Waals surface area contributed by atoms with Crippen molar-refractivity contribution in [1.29, 1.82) is 0 Å². The van der Waals surface area contributed by atoms with Gasteiger partial charge in [-0.25, -0.2) is 22.0 Å². The molecule has 0 bridgehead atoms. The zero-order chi connectivity index (χ0) is 25.6. The summed E-state index contributed by atoms with van der Waals surface area (Å²) in [7, 11) is 0. The number of likely N-dealkylation sites (tertiary alicyclic amines) is 1. The summed E-state index contributed by atoms with van der Waals surface area (Å²) < 4.78 is 75.7. The van der Waals surface area contributed by atoms with Gasteiger partial charge in [-0.15, -0.1) is 0 Å². The zero-order valence-electron chi connectivity index (χ0n) is 19.4. The number of hydrogen-bond acceptors (Lipinski definition) is 2. The molecule has 1 aliphatic rings. The molecule has 2 heterocycles. The molecule has 1 aliphatic heterocycles. The molecule has 1 amide bonds. The van der Waals surface area contributed by atoms with Crippen LogP contribution >= 0.6 is 0 Å². The fourth-order valence-electron chi connectivity index (χ4n) is 4.56. The summed E-state index contributed by atoms with van der Waals surface area (Å²) in [5, 5.41) is 0.622. The minimum absolute atomic E-state index is 0.0112. The standard InChI is InChI=1S/C28H22F5NO2/c1-2-21-12-19-11-18(13-22(26(19)36-21)25-23(30)14-20(29)15-24(25)31)16-3-5-17(6-4-16)27(35)34-9-7-28(32,33)8-10-34/h3-6,11-15H,2,7-10H2,1H3. The largest absolute Gasteiger partial charge is 0.460 e. The predicted octanol–water partition coefficient (Wildman–Crippen LogP) is 7.62. The van der Waals surface area contributed by atoms with Gasteiger partial charge in [0, 0.05) is 61.0 Å². The molecule has 0 aliphatic carbocycles. The van der Waals surface area contributed by atoms with E-state index in [2.05, 4.69) is 0 Å². The fourth-order valence-corrected chi connectivity index (χ4v) is 4.56. The Morgan fingerprint density at radius 1 is 0.917 bits per heavy atom. The van der Waals surface area contributed by atoms with Gasteiger partial charge in [0.05, 0.1) is 5.56 Å². The van der Waals surface area contributed by atoms with Crippen LogP contribution < -0.4 is 0 Å². The highest BCUT2D eigenvalue weighted by atomic mass is 19.3. The number of amides is 1. The molecule has 0 atom stereocenters. The Labute approximate surface area is 204 Å². The number of nitrogens with zero attached hydrogens (tertiary/aromatic N) is 1. The Kier molecular flexibility index (Phi) is 6.06. The highest BCUT2D eigenvalue weighted by molar-refractivity contribution is 5.98. The molecule has 0 spiro atoms. The normalized spacial score (nSPS) is 15.4. The van der Waals surface area contributed by atoms with E-state index in [9.17, 15) is 26.7 Å². The van der Waals surface area contributed by atoms with E-state index in [1.165, 1.54) is 4.90 Å². The van der Waals surface area contributed by atoms with Crippen molar-refractivity contribution in [3.63, 3.8) is 0 Å². The van der Waals surface area contributed by atoms with Gasteiger partial charge in [0.1, 0.15) is 28.8 Å². The van der Waals surface area contributed by atoms with Gasteiger partial charge in [0.15, 0.2) is 0 Å². The molecule has 1 aromatic heterocycles. The number of hydrogen-bond donors (Lipinski definition) is 0. The summed E-state index contributed by atoms with van der Waals surface area (Å²) in [6, 6.07) is 13.0. The van der Waals surface area contributed by atoms with E-state index in [0.29, 0.717) is 46.4 Å². The van der Waals surface area contributed by atoms with Crippen molar-refractivity contribution in [1.82, 2.24) is 4.90 Å². The van der Waals surface area contributed by atoms with Gasteiger partial charge in [0.25, 0.3) is 11.8 Å². The van der Waals surface area contributed by atoms with E-state index in [1.54, 1.807) is 36.4 Å². The lowest BCUT2D eigenvalue weighted by Crippen LogP contribution is -2.42. The molecule has 3 nitrogen and oxygen atoms in total. The van der Waals surface area contributed by atoms with Gasteiger partial charge >= 0.3 is 0 Å². The van der Waals surface area contributed by atoms with Gasteiger partial charge in [-0.05, 0) is 41.5 Å². The van der Waals surface area contributed by atoms with Crippen LogP contribution in [0.4, 0.5) is 22.0 Å². The van der Waals surface area contributed by atoms with Crippen molar-refractivity contribution in [2.45, 2.75) is 32.1 Å². The van der Waals surface area contributed by atoms with Gasteiger partial charge in [-0.1, -0.05) is 19.1 Å². The average molecular weight is 499 g/mol. The third kappa shape index (κ3) is 4.47. The third-order valence-corrected chi connectivity index (χ3v) is 6.54. The minimum Gasteiger partial charge on any atom is -0.460 e. The second-order valence-electron chi connectivity index (χ2n) is 8.98. The van der Waals surface area contributed by atoms with E-state index in [4.69, 9.17) is 4.42 Å². The zero-order valence-corrected chi connectivity index (χ0v) is 19.4. The maximum atomic E-state index is 14.7. The van der Waals surface area contributed by atoms with Crippen LogP contribution in [0.1, 0.15) is 35.9 Å². The Balaban J connectivity index is 1.53. The molecule has 3 aromatic carbocycles. The molecule has 1 saturated heterocycles. The quantitative estimate of drug-likeness (QED) is 0.271. The molecule has 0 N–H and O–H groups in total. The second-order valence-corrected chi connectivity index (χ2v) is 8.98. The third-order valence-electron chi connectivity index (χ3n) is 6.54. The molecular weight excluding hydrogens is 477 g/mol.